The number of hydrogen-bond donors (Lipinski definition) is 0. The first-order valence-electron chi connectivity index (χ1n) is 7.12. The molecule has 1 fully saturated rings. The van der Waals surface area contributed by atoms with Crippen LogP contribution in [0.3, 0.4) is 0 Å². The number of carbonyl (C=O) groups is 1. The van der Waals surface area contributed by atoms with Crippen molar-refractivity contribution in [3.8, 4) is 0 Å². The van der Waals surface area contributed by atoms with E-state index >= 15 is 0 Å². The number of carbonyl (C=O) groups excluding carboxylic acids is 1. The minimum Gasteiger partial charge on any atom is -0.370 e. The van der Waals surface area contributed by atoms with Crippen LogP contribution in [0.5, 0.6) is 0 Å². The molecule has 9 heteroatoms. The molecule has 1 saturated heterocycles. The molecule has 0 aliphatic carbocycles. The molecule has 0 saturated carbocycles. The third-order valence-corrected chi connectivity index (χ3v) is 4.59. The first-order valence-corrected chi connectivity index (χ1v) is 7.50. The summed E-state index contributed by atoms with van der Waals surface area (Å²) in [5.41, 5.74) is 1.35. The predicted octanol–water partition coefficient (Wildman–Crippen LogP) is 0.651. The van der Waals surface area contributed by atoms with E-state index in [9.17, 15) is 4.79 Å². The Morgan fingerprint density at radius 2 is 2.32 bits per heavy atom. The van der Waals surface area contributed by atoms with Crippen molar-refractivity contribution in [3.05, 3.63) is 28.8 Å². The predicted molar refractivity (Wildman–Crippen MR) is 76.4 cm³/mol. The van der Waals surface area contributed by atoms with E-state index in [-0.39, 0.29) is 18.1 Å². The van der Waals surface area contributed by atoms with Gasteiger partial charge in [-0.3, -0.25) is 9.48 Å². The highest BCUT2D eigenvalue weighted by atomic mass is 35.5. The van der Waals surface area contributed by atoms with Crippen molar-refractivity contribution >= 4 is 17.5 Å². The van der Waals surface area contributed by atoms with Crippen LogP contribution in [0.1, 0.15) is 28.6 Å². The van der Waals surface area contributed by atoms with Crippen LogP contribution in [0.15, 0.2) is 12.4 Å². The van der Waals surface area contributed by atoms with Crippen LogP contribution in [0.2, 0.25) is 5.02 Å². The normalized spacial score (nSPS) is 24.0. The molecule has 4 rings (SSSR count). The highest BCUT2D eigenvalue weighted by molar-refractivity contribution is 6.33. The number of aryl methyl sites for hydroxylation is 1. The fourth-order valence-electron chi connectivity index (χ4n) is 3.16. The molecule has 2 aromatic heterocycles. The van der Waals surface area contributed by atoms with Gasteiger partial charge in [0, 0.05) is 20.1 Å². The fraction of sp³-hybridized carbons (Fsp3) is 0.538. The maximum absolute atomic E-state index is 12.7. The second-order valence-corrected chi connectivity index (χ2v) is 6.00. The zero-order chi connectivity index (χ0) is 15.3. The summed E-state index contributed by atoms with van der Waals surface area (Å²) in [6.45, 7) is 1.68. The van der Waals surface area contributed by atoms with Gasteiger partial charge in [0.2, 0.25) is 0 Å². The molecule has 8 nitrogen and oxygen atoms in total. The van der Waals surface area contributed by atoms with E-state index in [0.717, 1.165) is 12.1 Å². The van der Waals surface area contributed by atoms with Gasteiger partial charge in [-0.2, -0.15) is 5.10 Å². The summed E-state index contributed by atoms with van der Waals surface area (Å²) < 4.78 is 9.23. The molecule has 116 valence electrons. The van der Waals surface area contributed by atoms with Gasteiger partial charge >= 0.3 is 0 Å². The van der Waals surface area contributed by atoms with Crippen LogP contribution in [-0.4, -0.2) is 54.8 Å². The second kappa shape index (κ2) is 5.06. The van der Waals surface area contributed by atoms with E-state index < -0.39 is 0 Å². The van der Waals surface area contributed by atoms with Crippen LogP contribution in [-0.2, 0) is 18.4 Å². The van der Waals surface area contributed by atoms with Crippen LogP contribution in [0.25, 0.3) is 0 Å². The lowest BCUT2D eigenvalue weighted by atomic mass is 10.00. The van der Waals surface area contributed by atoms with Crippen molar-refractivity contribution in [3.63, 3.8) is 0 Å². The molecule has 2 aliphatic rings. The molecular formula is C13H15ClN6O2. The lowest BCUT2D eigenvalue weighted by Crippen LogP contribution is -2.50. The van der Waals surface area contributed by atoms with Gasteiger partial charge in [0.25, 0.3) is 5.91 Å². The quantitative estimate of drug-likeness (QED) is 0.770. The third kappa shape index (κ3) is 2.02. The lowest BCUT2D eigenvalue weighted by Gasteiger charge is -2.40. The number of halogens is 1. The standard InChI is InChI=1S/C13H15ClN6O2/c1-18-12(9(14)5-16-18)13(21)19-3-2-11-10(6-19)20-8(7-22-11)4-15-17-20/h4-5,10-11H,2-3,6-7H2,1H3/t10-,11+/m1/s1. The van der Waals surface area contributed by atoms with Gasteiger partial charge in [0.05, 0.1) is 41.9 Å². The van der Waals surface area contributed by atoms with Crippen LogP contribution in [0.4, 0.5) is 0 Å². The Labute approximate surface area is 131 Å². The third-order valence-electron chi connectivity index (χ3n) is 4.31. The molecule has 2 aliphatic heterocycles. The summed E-state index contributed by atoms with van der Waals surface area (Å²) >= 11 is 6.08. The molecular weight excluding hydrogens is 308 g/mol. The van der Waals surface area contributed by atoms with Crippen molar-refractivity contribution in [2.45, 2.75) is 25.2 Å². The van der Waals surface area contributed by atoms with Gasteiger partial charge in [-0.15, -0.1) is 5.10 Å². The van der Waals surface area contributed by atoms with Crippen LogP contribution >= 0.6 is 11.6 Å². The number of likely N-dealkylation sites (tertiary alicyclic amines) is 1. The minimum absolute atomic E-state index is 0.00375. The Bertz CT molecular complexity index is 706. The SMILES string of the molecule is Cn1ncc(Cl)c1C(=O)N1CC[C@@H]2OCc3cnnn3[C@@H]2C1. The van der Waals surface area contributed by atoms with E-state index in [1.165, 1.54) is 10.9 Å². The number of piperidine rings is 1. The van der Waals surface area contributed by atoms with Crippen molar-refractivity contribution in [1.82, 2.24) is 29.7 Å². The molecule has 0 aromatic carbocycles. The molecule has 0 N–H and O–H groups in total. The zero-order valence-electron chi connectivity index (χ0n) is 12.0. The van der Waals surface area contributed by atoms with E-state index in [2.05, 4.69) is 15.4 Å². The summed E-state index contributed by atoms with van der Waals surface area (Å²) in [7, 11) is 1.71. The first kappa shape index (κ1) is 13.7. The molecule has 2 aromatic rings. The van der Waals surface area contributed by atoms with E-state index in [1.807, 2.05) is 4.68 Å². The van der Waals surface area contributed by atoms with Crippen molar-refractivity contribution in [2.24, 2.45) is 7.05 Å². The number of rotatable bonds is 1. The maximum atomic E-state index is 12.7. The van der Waals surface area contributed by atoms with Gasteiger partial charge in [-0.05, 0) is 6.42 Å². The monoisotopic (exact) mass is 322 g/mol. The molecule has 22 heavy (non-hydrogen) atoms. The maximum Gasteiger partial charge on any atom is 0.273 e. The van der Waals surface area contributed by atoms with Crippen LogP contribution in [0, 0.1) is 0 Å². The Kier molecular flexibility index (Phi) is 3.16. The average Bonchev–Trinajstić information content (AvgIpc) is 3.13. The Balaban J connectivity index is 1.60. The van der Waals surface area contributed by atoms with Gasteiger partial charge in [-0.1, -0.05) is 16.8 Å². The number of hydrogen-bond acceptors (Lipinski definition) is 5. The van der Waals surface area contributed by atoms with Gasteiger partial charge < -0.3 is 9.64 Å². The summed E-state index contributed by atoms with van der Waals surface area (Å²) in [4.78, 5) is 14.5. The van der Waals surface area contributed by atoms with Crippen molar-refractivity contribution < 1.29 is 9.53 Å². The van der Waals surface area contributed by atoms with E-state index in [4.69, 9.17) is 16.3 Å². The van der Waals surface area contributed by atoms with E-state index in [1.54, 1.807) is 18.1 Å². The molecule has 0 radical (unpaired) electrons. The van der Waals surface area contributed by atoms with Crippen molar-refractivity contribution in [2.75, 3.05) is 13.1 Å². The highest BCUT2D eigenvalue weighted by Gasteiger charge is 2.38. The summed E-state index contributed by atoms with van der Waals surface area (Å²) in [5, 5.41) is 12.5. The number of aromatic nitrogens is 5. The van der Waals surface area contributed by atoms with Gasteiger partial charge in [0.15, 0.2) is 0 Å². The summed E-state index contributed by atoms with van der Waals surface area (Å²) in [5.74, 6) is -0.115. The number of amides is 1. The lowest BCUT2D eigenvalue weighted by molar-refractivity contribution is -0.0606. The Morgan fingerprint density at radius 3 is 3.09 bits per heavy atom. The summed E-state index contributed by atoms with van der Waals surface area (Å²) in [6.07, 6.45) is 4.03. The molecule has 0 unspecified atom stereocenters. The number of ether oxygens (including phenoxy) is 1. The van der Waals surface area contributed by atoms with Gasteiger partial charge in [-0.25, -0.2) is 4.68 Å². The zero-order valence-corrected chi connectivity index (χ0v) is 12.8. The fourth-order valence-corrected chi connectivity index (χ4v) is 3.41. The highest BCUT2D eigenvalue weighted by Crippen LogP contribution is 2.31. The van der Waals surface area contributed by atoms with Crippen molar-refractivity contribution in [1.29, 1.82) is 0 Å². The molecule has 1 amide bonds. The largest absolute Gasteiger partial charge is 0.370 e. The smallest absolute Gasteiger partial charge is 0.273 e. The molecule has 0 spiro atoms. The van der Waals surface area contributed by atoms with Gasteiger partial charge in [0.1, 0.15) is 5.69 Å². The topological polar surface area (TPSA) is 78.1 Å². The average molecular weight is 323 g/mol. The molecule has 4 heterocycles. The first-order chi connectivity index (χ1) is 10.6. The molecule has 0 bridgehead atoms. The molecule has 2 atom stereocenters. The summed E-state index contributed by atoms with van der Waals surface area (Å²) in [6, 6.07) is -0.00375. The number of nitrogens with zero attached hydrogens (tertiary/aromatic N) is 6. The minimum atomic E-state index is -0.115. The Hall–Kier alpha value is -1.93. The Morgan fingerprint density at radius 1 is 1.45 bits per heavy atom. The number of fused-ring (bicyclic) bond motifs is 3. The second-order valence-electron chi connectivity index (χ2n) is 5.59. The van der Waals surface area contributed by atoms with E-state index in [0.29, 0.717) is 30.4 Å². The van der Waals surface area contributed by atoms with Crippen LogP contribution < -0.4 is 0 Å².